The summed E-state index contributed by atoms with van der Waals surface area (Å²) in [5, 5.41) is 7.49. The van der Waals surface area contributed by atoms with E-state index in [1.165, 1.54) is 14.2 Å². The van der Waals surface area contributed by atoms with Crippen molar-refractivity contribution in [1.29, 1.82) is 0 Å². The van der Waals surface area contributed by atoms with E-state index < -0.39 is 0 Å². The Kier molecular flexibility index (Phi) is 3.80. The number of rotatable bonds is 4. The van der Waals surface area contributed by atoms with Crippen molar-refractivity contribution in [1.82, 2.24) is 5.32 Å². The molecule has 0 spiro atoms. The maximum absolute atomic E-state index is 5.79. The van der Waals surface area contributed by atoms with Crippen LogP contribution in [0.2, 0.25) is 0 Å². The van der Waals surface area contributed by atoms with Crippen molar-refractivity contribution in [3.05, 3.63) is 37.1 Å². The Balaban J connectivity index is 1.86. The summed E-state index contributed by atoms with van der Waals surface area (Å²) in [7, 11) is 0. The lowest BCUT2D eigenvalue weighted by atomic mass is 10.4. The van der Waals surface area contributed by atoms with Crippen LogP contribution in [0.4, 0.5) is 5.69 Å². The molecule has 0 amide bonds. The van der Waals surface area contributed by atoms with Crippen LogP contribution in [0.5, 0.6) is 0 Å². The van der Waals surface area contributed by atoms with Gasteiger partial charge in [-0.05, 0) is 38.8 Å². The SMILES string of the molecule is Nc1ccsc1CNCc1sccc1Br. The summed E-state index contributed by atoms with van der Waals surface area (Å²) in [6.45, 7) is 1.73. The van der Waals surface area contributed by atoms with Crippen LogP contribution >= 0.6 is 38.6 Å². The van der Waals surface area contributed by atoms with Crippen molar-refractivity contribution in [3.8, 4) is 0 Å². The van der Waals surface area contributed by atoms with Gasteiger partial charge >= 0.3 is 0 Å². The van der Waals surface area contributed by atoms with E-state index in [4.69, 9.17) is 5.73 Å². The van der Waals surface area contributed by atoms with Gasteiger partial charge in [-0.25, -0.2) is 0 Å². The number of hydrogen-bond acceptors (Lipinski definition) is 4. The third-order valence-electron chi connectivity index (χ3n) is 2.04. The van der Waals surface area contributed by atoms with Gasteiger partial charge in [-0.2, -0.15) is 0 Å². The molecule has 0 atom stereocenters. The second-order valence-electron chi connectivity index (χ2n) is 3.09. The first-order chi connectivity index (χ1) is 7.27. The van der Waals surface area contributed by atoms with Crippen LogP contribution in [0.25, 0.3) is 0 Å². The number of nitrogens with two attached hydrogens (primary N) is 1. The lowest BCUT2D eigenvalue weighted by Gasteiger charge is -2.02. The highest BCUT2D eigenvalue weighted by atomic mass is 79.9. The molecule has 0 radical (unpaired) electrons. The number of hydrogen-bond donors (Lipinski definition) is 2. The monoisotopic (exact) mass is 302 g/mol. The van der Waals surface area contributed by atoms with Crippen LogP contribution in [0, 0.1) is 0 Å². The van der Waals surface area contributed by atoms with E-state index in [1.54, 1.807) is 22.7 Å². The minimum Gasteiger partial charge on any atom is -0.398 e. The highest BCUT2D eigenvalue weighted by Crippen LogP contribution is 2.23. The smallest absolute Gasteiger partial charge is 0.0468 e. The molecule has 0 aliphatic rings. The van der Waals surface area contributed by atoms with Crippen LogP contribution in [0.1, 0.15) is 9.75 Å². The Morgan fingerprint density at radius 3 is 2.40 bits per heavy atom. The van der Waals surface area contributed by atoms with Crippen molar-refractivity contribution >= 4 is 44.3 Å². The molecule has 0 aliphatic heterocycles. The van der Waals surface area contributed by atoms with Crippen LogP contribution in [-0.4, -0.2) is 0 Å². The van der Waals surface area contributed by atoms with Crippen molar-refractivity contribution in [2.45, 2.75) is 13.1 Å². The highest BCUT2D eigenvalue weighted by molar-refractivity contribution is 9.10. The summed E-state index contributed by atoms with van der Waals surface area (Å²) < 4.78 is 1.18. The van der Waals surface area contributed by atoms with Gasteiger partial charge in [-0.3, -0.25) is 0 Å². The molecule has 5 heteroatoms. The topological polar surface area (TPSA) is 38.0 Å². The molecule has 2 aromatic rings. The standard InChI is InChI=1S/C10H11BrN2S2/c11-7-1-3-14-9(7)5-13-6-10-8(12)2-4-15-10/h1-4,13H,5-6,12H2. The van der Waals surface area contributed by atoms with Crippen LogP contribution in [-0.2, 0) is 13.1 Å². The minimum absolute atomic E-state index is 0.841. The molecular formula is C10H11BrN2S2. The third-order valence-corrected chi connectivity index (χ3v) is 4.91. The van der Waals surface area contributed by atoms with E-state index in [1.807, 2.05) is 11.4 Å². The van der Waals surface area contributed by atoms with E-state index in [2.05, 4.69) is 32.7 Å². The maximum Gasteiger partial charge on any atom is 0.0468 e. The third kappa shape index (κ3) is 2.81. The summed E-state index contributed by atoms with van der Waals surface area (Å²) in [6.07, 6.45) is 0. The molecule has 2 nitrogen and oxygen atoms in total. The molecule has 2 heterocycles. The molecule has 15 heavy (non-hydrogen) atoms. The number of thiophene rings is 2. The molecule has 80 valence electrons. The second kappa shape index (κ2) is 5.12. The average Bonchev–Trinajstić information content (AvgIpc) is 2.78. The number of nitrogen functional groups attached to an aromatic ring is 1. The summed E-state index contributed by atoms with van der Waals surface area (Å²) in [5.41, 5.74) is 6.68. The van der Waals surface area contributed by atoms with Crippen LogP contribution in [0.3, 0.4) is 0 Å². The Morgan fingerprint density at radius 1 is 1.13 bits per heavy atom. The number of halogens is 1. The molecule has 2 rings (SSSR count). The highest BCUT2D eigenvalue weighted by Gasteiger charge is 2.02. The lowest BCUT2D eigenvalue weighted by Crippen LogP contribution is -2.11. The van der Waals surface area contributed by atoms with Crippen molar-refractivity contribution in [3.63, 3.8) is 0 Å². The first kappa shape index (κ1) is 11.1. The lowest BCUT2D eigenvalue weighted by molar-refractivity contribution is 0.708. The van der Waals surface area contributed by atoms with Gasteiger partial charge in [0.05, 0.1) is 0 Å². The van der Waals surface area contributed by atoms with Gasteiger partial charge < -0.3 is 11.1 Å². The van der Waals surface area contributed by atoms with Crippen molar-refractivity contribution in [2.75, 3.05) is 5.73 Å². The van der Waals surface area contributed by atoms with E-state index >= 15 is 0 Å². The molecule has 0 aromatic carbocycles. The largest absolute Gasteiger partial charge is 0.398 e. The van der Waals surface area contributed by atoms with Gasteiger partial charge in [0.2, 0.25) is 0 Å². The molecule has 2 aromatic heterocycles. The zero-order chi connectivity index (χ0) is 10.7. The zero-order valence-electron chi connectivity index (χ0n) is 8.00. The second-order valence-corrected chi connectivity index (χ2v) is 5.95. The van der Waals surface area contributed by atoms with E-state index in [-0.39, 0.29) is 0 Å². The van der Waals surface area contributed by atoms with Gasteiger partial charge in [-0.15, -0.1) is 22.7 Å². The minimum atomic E-state index is 0.841. The van der Waals surface area contributed by atoms with Crippen molar-refractivity contribution in [2.24, 2.45) is 0 Å². The first-order valence-electron chi connectivity index (χ1n) is 4.52. The molecular weight excluding hydrogens is 292 g/mol. The molecule has 0 saturated heterocycles. The van der Waals surface area contributed by atoms with Gasteiger partial charge in [0.1, 0.15) is 0 Å². The predicted molar refractivity (Wildman–Crippen MR) is 71.3 cm³/mol. The van der Waals surface area contributed by atoms with Gasteiger partial charge in [-0.1, -0.05) is 0 Å². The summed E-state index contributed by atoms with van der Waals surface area (Å²) in [4.78, 5) is 2.54. The van der Waals surface area contributed by atoms with Gasteiger partial charge in [0.25, 0.3) is 0 Å². The Bertz CT molecular complexity index is 396. The fourth-order valence-electron chi connectivity index (χ4n) is 1.23. The Morgan fingerprint density at radius 2 is 1.80 bits per heavy atom. The quantitative estimate of drug-likeness (QED) is 0.908. The average molecular weight is 303 g/mol. The van der Waals surface area contributed by atoms with Crippen LogP contribution in [0.15, 0.2) is 27.4 Å². The zero-order valence-corrected chi connectivity index (χ0v) is 11.2. The van der Waals surface area contributed by atoms with E-state index in [0.29, 0.717) is 0 Å². The molecule has 0 saturated carbocycles. The summed E-state index contributed by atoms with van der Waals surface area (Å²) in [5.74, 6) is 0. The Labute approximate surface area is 105 Å². The Hall–Kier alpha value is -0.360. The number of anilines is 1. The van der Waals surface area contributed by atoms with Gasteiger partial charge in [0.15, 0.2) is 0 Å². The molecule has 0 aliphatic carbocycles. The summed E-state index contributed by atoms with van der Waals surface area (Å²) >= 11 is 6.96. The summed E-state index contributed by atoms with van der Waals surface area (Å²) in [6, 6.07) is 4.02. The first-order valence-corrected chi connectivity index (χ1v) is 7.07. The molecule has 0 unspecified atom stereocenters. The fraction of sp³-hybridized carbons (Fsp3) is 0.200. The maximum atomic E-state index is 5.79. The molecule has 0 bridgehead atoms. The van der Waals surface area contributed by atoms with Gasteiger partial charge in [0, 0.05) is 33.0 Å². The predicted octanol–water partition coefficient (Wildman–Crippen LogP) is 3.44. The molecule has 0 fully saturated rings. The van der Waals surface area contributed by atoms with E-state index in [0.717, 1.165) is 18.8 Å². The van der Waals surface area contributed by atoms with Crippen LogP contribution < -0.4 is 11.1 Å². The van der Waals surface area contributed by atoms with E-state index in [9.17, 15) is 0 Å². The normalized spacial score (nSPS) is 10.7. The fourth-order valence-corrected chi connectivity index (χ4v) is 3.47. The number of nitrogens with one attached hydrogen (secondary N) is 1. The molecule has 3 N–H and O–H groups in total. The van der Waals surface area contributed by atoms with Crippen molar-refractivity contribution < 1.29 is 0 Å².